The zero-order chi connectivity index (χ0) is 36.0. The highest BCUT2D eigenvalue weighted by atomic mass is 19.1. The summed E-state index contributed by atoms with van der Waals surface area (Å²) in [5, 5.41) is 15.8. The Hall–Kier alpha value is -4.26. The van der Waals surface area contributed by atoms with Crippen molar-refractivity contribution in [1.82, 2.24) is 35.5 Å². The Balaban J connectivity index is 1.34. The van der Waals surface area contributed by atoms with E-state index < -0.39 is 29.3 Å². The van der Waals surface area contributed by atoms with Gasteiger partial charge in [-0.15, -0.1) is 0 Å². The fourth-order valence-corrected chi connectivity index (χ4v) is 7.40. The van der Waals surface area contributed by atoms with Gasteiger partial charge < -0.3 is 31.1 Å². The van der Waals surface area contributed by atoms with Crippen molar-refractivity contribution in [3.05, 3.63) is 59.7 Å². The lowest BCUT2D eigenvalue weighted by Gasteiger charge is -2.47. The third-order valence-electron chi connectivity index (χ3n) is 10.2. The molecule has 3 atom stereocenters. The summed E-state index contributed by atoms with van der Waals surface area (Å²) < 4.78 is 17.5. The standard InChI is InChI=1S/C37H53FN8O4/c1-24(2)40-36(50)42-30(34(48)45-20-18-44(5)19-21-45)23-26-12-13-29(28(38)22-26)41-35(49)37(27-10-8-6-7-9-11-27)16-14-32(37)43-33(47)31-15-17-39-46(31)25(3)4/h12-17,22,24-25,27,30,32H,6-11,18-21,23H2,1-5H3,(H,41,49)(H,43,47)(H2,40,42,50)/t30-,32?,37+/m1/s1. The second-order valence-electron chi connectivity index (χ2n) is 14.6. The average molecular weight is 693 g/mol. The van der Waals surface area contributed by atoms with Gasteiger partial charge in [0.25, 0.3) is 5.91 Å². The zero-order valence-corrected chi connectivity index (χ0v) is 30.0. The number of likely N-dealkylation sites (N-methyl/N-ethyl adjacent to an activating group) is 1. The molecule has 1 saturated carbocycles. The minimum absolute atomic E-state index is 0.0162. The minimum Gasteiger partial charge on any atom is -0.343 e. The van der Waals surface area contributed by atoms with Gasteiger partial charge in [-0.3, -0.25) is 19.1 Å². The molecule has 1 aromatic heterocycles. The Kier molecular flexibility index (Phi) is 12.0. The molecule has 50 heavy (non-hydrogen) atoms. The lowest BCUT2D eigenvalue weighted by molar-refractivity contribution is -0.134. The molecule has 272 valence electrons. The van der Waals surface area contributed by atoms with Gasteiger partial charge in [-0.2, -0.15) is 5.10 Å². The number of urea groups is 1. The van der Waals surface area contributed by atoms with Crippen LogP contribution in [0.1, 0.15) is 88.3 Å². The van der Waals surface area contributed by atoms with Gasteiger partial charge in [0.05, 0.1) is 17.1 Å². The van der Waals surface area contributed by atoms with Crippen LogP contribution in [0, 0.1) is 17.2 Å². The van der Waals surface area contributed by atoms with Crippen LogP contribution >= 0.6 is 0 Å². The van der Waals surface area contributed by atoms with Crippen molar-refractivity contribution in [2.45, 2.75) is 96.8 Å². The van der Waals surface area contributed by atoms with E-state index in [1.54, 1.807) is 27.9 Å². The molecule has 2 aromatic rings. The second-order valence-corrected chi connectivity index (χ2v) is 14.6. The van der Waals surface area contributed by atoms with E-state index in [0.29, 0.717) is 24.3 Å². The van der Waals surface area contributed by atoms with Gasteiger partial charge in [0.1, 0.15) is 17.6 Å². The van der Waals surface area contributed by atoms with Crippen LogP contribution in [-0.4, -0.2) is 94.7 Å². The number of amides is 5. The van der Waals surface area contributed by atoms with Gasteiger partial charge in [0.15, 0.2) is 0 Å². The maximum atomic E-state index is 15.8. The molecule has 0 spiro atoms. The molecular formula is C37H53FN8O4. The van der Waals surface area contributed by atoms with E-state index in [1.807, 2.05) is 46.9 Å². The maximum absolute atomic E-state index is 15.8. The highest BCUT2D eigenvalue weighted by Crippen LogP contribution is 2.48. The van der Waals surface area contributed by atoms with E-state index in [2.05, 4.69) is 31.3 Å². The molecular weight excluding hydrogens is 639 g/mol. The molecule has 5 rings (SSSR count). The number of carbonyl (C=O) groups excluding carboxylic acids is 4. The Labute approximate surface area is 294 Å². The monoisotopic (exact) mass is 692 g/mol. The van der Waals surface area contributed by atoms with E-state index in [0.717, 1.165) is 51.6 Å². The first kappa shape index (κ1) is 37.0. The van der Waals surface area contributed by atoms with Gasteiger partial charge >= 0.3 is 6.03 Å². The van der Waals surface area contributed by atoms with E-state index >= 15 is 4.39 Å². The number of carbonyl (C=O) groups is 4. The molecule has 1 aliphatic heterocycles. The molecule has 1 aromatic carbocycles. The number of piperazine rings is 1. The number of halogens is 1. The summed E-state index contributed by atoms with van der Waals surface area (Å²) in [6.45, 7) is 10.1. The molecule has 0 radical (unpaired) electrons. The van der Waals surface area contributed by atoms with Crippen LogP contribution in [0.5, 0.6) is 0 Å². The van der Waals surface area contributed by atoms with Crippen LogP contribution in [-0.2, 0) is 16.0 Å². The first-order valence-corrected chi connectivity index (χ1v) is 18.1. The summed E-state index contributed by atoms with van der Waals surface area (Å²) in [5.74, 6) is -1.57. The van der Waals surface area contributed by atoms with Crippen LogP contribution in [0.2, 0.25) is 0 Å². The highest BCUT2D eigenvalue weighted by Gasteiger charge is 2.54. The van der Waals surface area contributed by atoms with Gasteiger partial charge in [-0.1, -0.05) is 43.9 Å². The SMILES string of the molecule is CC(C)NC(=O)N[C@H](Cc1ccc(NC(=O)[C@]2(C3CCCCCC3)C=CC2NC(=O)c2ccnn2C(C)C)c(F)c1)C(=O)N1CCN(C)CC1. The predicted molar refractivity (Wildman–Crippen MR) is 190 cm³/mol. The van der Waals surface area contributed by atoms with Crippen LogP contribution in [0.15, 0.2) is 42.6 Å². The first-order valence-electron chi connectivity index (χ1n) is 18.1. The molecule has 3 aliphatic rings. The van der Waals surface area contributed by atoms with Crippen molar-refractivity contribution in [3.63, 3.8) is 0 Å². The van der Waals surface area contributed by atoms with Crippen molar-refractivity contribution in [2.75, 3.05) is 38.5 Å². The number of aromatic nitrogens is 2. The summed E-state index contributed by atoms with van der Waals surface area (Å²) in [5.41, 5.74) is -0.103. The number of nitrogens with one attached hydrogen (secondary N) is 4. The lowest BCUT2D eigenvalue weighted by Crippen LogP contribution is -2.60. The molecule has 2 aliphatic carbocycles. The first-order chi connectivity index (χ1) is 23.9. The van der Waals surface area contributed by atoms with Gasteiger partial charge in [-0.25, -0.2) is 9.18 Å². The van der Waals surface area contributed by atoms with Crippen LogP contribution in [0.25, 0.3) is 0 Å². The largest absolute Gasteiger partial charge is 0.343 e. The molecule has 12 nitrogen and oxygen atoms in total. The van der Waals surface area contributed by atoms with Crippen LogP contribution < -0.4 is 21.3 Å². The smallest absolute Gasteiger partial charge is 0.315 e. The lowest BCUT2D eigenvalue weighted by atomic mass is 9.60. The Morgan fingerprint density at radius 2 is 1.66 bits per heavy atom. The molecule has 4 N–H and O–H groups in total. The van der Waals surface area contributed by atoms with Crippen molar-refractivity contribution in [3.8, 4) is 0 Å². The quantitative estimate of drug-likeness (QED) is 0.205. The molecule has 1 saturated heterocycles. The van der Waals surface area contributed by atoms with E-state index in [4.69, 9.17) is 0 Å². The van der Waals surface area contributed by atoms with Crippen molar-refractivity contribution < 1.29 is 23.6 Å². The Morgan fingerprint density at radius 1 is 0.960 bits per heavy atom. The molecule has 2 fully saturated rings. The fraction of sp³-hybridized carbons (Fsp3) is 0.595. The fourth-order valence-electron chi connectivity index (χ4n) is 7.40. The minimum atomic E-state index is -1.04. The summed E-state index contributed by atoms with van der Waals surface area (Å²) in [7, 11) is 2.00. The number of hydrogen-bond donors (Lipinski definition) is 4. The third kappa shape index (κ3) is 8.36. The highest BCUT2D eigenvalue weighted by molar-refractivity contribution is 6.01. The Morgan fingerprint density at radius 3 is 2.26 bits per heavy atom. The number of nitrogens with zero attached hydrogens (tertiary/aromatic N) is 4. The topological polar surface area (TPSA) is 141 Å². The second kappa shape index (κ2) is 16.2. The zero-order valence-electron chi connectivity index (χ0n) is 30.0. The predicted octanol–water partition coefficient (Wildman–Crippen LogP) is 4.26. The molecule has 5 amide bonds. The molecule has 2 heterocycles. The van der Waals surface area contributed by atoms with E-state index in [1.165, 1.54) is 12.1 Å². The third-order valence-corrected chi connectivity index (χ3v) is 10.2. The van der Waals surface area contributed by atoms with Crippen molar-refractivity contribution in [1.29, 1.82) is 0 Å². The molecule has 1 unspecified atom stereocenters. The van der Waals surface area contributed by atoms with Crippen LogP contribution in [0.4, 0.5) is 14.9 Å². The maximum Gasteiger partial charge on any atom is 0.315 e. The normalized spacial score (nSPS) is 22.1. The van der Waals surface area contributed by atoms with E-state index in [-0.39, 0.29) is 47.8 Å². The number of anilines is 1. The van der Waals surface area contributed by atoms with E-state index in [9.17, 15) is 19.2 Å². The summed E-state index contributed by atoms with van der Waals surface area (Å²) in [6.07, 6.45) is 11.2. The number of rotatable bonds is 11. The summed E-state index contributed by atoms with van der Waals surface area (Å²) in [6, 6.07) is 4.07. The average Bonchev–Trinajstić information content (AvgIpc) is 3.41. The van der Waals surface area contributed by atoms with Crippen molar-refractivity contribution >= 4 is 29.4 Å². The molecule has 0 bridgehead atoms. The Bertz CT molecular complexity index is 1560. The van der Waals surface area contributed by atoms with Gasteiger partial charge in [0.2, 0.25) is 11.8 Å². The summed E-state index contributed by atoms with van der Waals surface area (Å²) in [4.78, 5) is 57.8. The van der Waals surface area contributed by atoms with Crippen molar-refractivity contribution in [2.24, 2.45) is 11.3 Å². The number of hydrogen-bond acceptors (Lipinski definition) is 6. The summed E-state index contributed by atoms with van der Waals surface area (Å²) >= 11 is 0. The van der Waals surface area contributed by atoms with Crippen LogP contribution in [0.3, 0.4) is 0 Å². The van der Waals surface area contributed by atoms with Gasteiger partial charge in [0, 0.05) is 50.9 Å². The molecule has 13 heteroatoms. The van der Waals surface area contributed by atoms with Gasteiger partial charge in [-0.05, 0) is 77.3 Å². The number of benzene rings is 1.